The molecule has 1 fully saturated rings. The third-order valence-corrected chi connectivity index (χ3v) is 5.55. The molecule has 2 aromatic rings. The van der Waals surface area contributed by atoms with Crippen molar-refractivity contribution in [2.75, 3.05) is 0 Å². The normalized spacial score (nSPS) is 19.1. The molecule has 0 saturated carbocycles. The quantitative estimate of drug-likeness (QED) is 0.590. The maximum atomic E-state index is 13.7. The fourth-order valence-corrected chi connectivity index (χ4v) is 4.09. The van der Waals surface area contributed by atoms with Crippen molar-refractivity contribution in [3.8, 4) is 11.3 Å². The molecule has 1 aromatic heterocycles. The zero-order valence-corrected chi connectivity index (χ0v) is 16.2. The number of amides is 3. The van der Waals surface area contributed by atoms with Crippen molar-refractivity contribution in [3.05, 3.63) is 52.7 Å². The second-order valence-corrected chi connectivity index (χ2v) is 7.36. The van der Waals surface area contributed by atoms with Crippen molar-refractivity contribution in [2.24, 2.45) is 0 Å². The van der Waals surface area contributed by atoms with Crippen molar-refractivity contribution in [3.63, 3.8) is 0 Å². The van der Waals surface area contributed by atoms with E-state index in [1.54, 1.807) is 0 Å². The van der Waals surface area contributed by atoms with Gasteiger partial charge in [0, 0.05) is 36.2 Å². The van der Waals surface area contributed by atoms with E-state index in [1.807, 2.05) is 0 Å². The molecule has 3 amide bonds. The average molecular weight is 438 g/mol. The van der Waals surface area contributed by atoms with Gasteiger partial charge in [-0.2, -0.15) is 13.2 Å². The number of aromatic nitrogens is 1. The van der Waals surface area contributed by atoms with Crippen molar-refractivity contribution in [1.29, 1.82) is 0 Å². The molecule has 30 heavy (non-hydrogen) atoms. The molecule has 1 saturated heterocycles. The molecule has 156 valence electrons. The number of hydrogen-bond donors (Lipinski definition) is 1. The van der Waals surface area contributed by atoms with Crippen LogP contribution in [0.3, 0.4) is 0 Å². The summed E-state index contributed by atoms with van der Waals surface area (Å²) in [6, 6.07) is 4.75. The molecule has 1 unspecified atom stereocenters. The first-order chi connectivity index (χ1) is 14.2. The summed E-state index contributed by atoms with van der Waals surface area (Å²) >= 11 is 5.70. The first-order valence-electron chi connectivity index (χ1n) is 9.09. The van der Waals surface area contributed by atoms with Crippen molar-refractivity contribution >= 4 is 29.3 Å². The van der Waals surface area contributed by atoms with Gasteiger partial charge in [-0.25, -0.2) is 0 Å². The number of halogens is 4. The minimum Gasteiger partial charge on any atom is -0.322 e. The molecule has 10 heteroatoms. The minimum absolute atomic E-state index is 0.0603. The van der Waals surface area contributed by atoms with Crippen LogP contribution in [0.25, 0.3) is 11.3 Å². The summed E-state index contributed by atoms with van der Waals surface area (Å²) in [6.07, 6.45) is -3.07. The lowest BCUT2D eigenvalue weighted by Crippen LogP contribution is -2.52. The number of carbonyl (C=O) groups excluding carboxylic acids is 3. The first-order valence-corrected chi connectivity index (χ1v) is 9.63. The zero-order valence-electron chi connectivity index (χ0n) is 15.4. The van der Waals surface area contributed by atoms with E-state index in [9.17, 15) is 27.6 Å². The molecule has 1 atom stereocenters. The lowest BCUT2D eigenvalue weighted by atomic mass is 9.98. The predicted octanol–water partition coefficient (Wildman–Crippen LogP) is 3.27. The van der Waals surface area contributed by atoms with Crippen LogP contribution in [0.1, 0.15) is 39.9 Å². The molecule has 1 N–H and O–H groups in total. The number of alkyl halides is 4. The second-order valence-electron chi connectivity index (χ2n) is 7.10. The van der Waals surface area contributed by atoms with Gasteiger partial charge in [0.15, 0.2) is 0 Å². The van der Waals surface area contributed by atoms with Crippen LogP contribution in [-0.2, 0) is 28.2 Å². The fraction of sp³-hybridized carbons (Fsp3) is 0.300. The van der Waals surface area contributed by atoms with Gasteiger partial charge >= 0.3 is 6.18 Å². The van der Waals surface area contributed by atoms with E-state index in [0.717, 1.165) is 0 Å². The third kappa shape index (κ3) is 3.43. The third-order valence-electron chi connectivity index (χ3n) is 5.26. The van der Waals surface area contributed by atoms with E-state index < -0.39 is 35.5 Å². The number of nitrogens with one attached hydrogen (secondary N) is 1. The summed E-state index contributed by atoms with van der Waals surface area (Å²) < 4.78 is 41.0. The van der Waals surface area contributed by atoms with E-state index >= 15 is 0 Å². The summed E-state index contributed by atoms with van der Waals surface area (Å²) in [6.45, 7) is 0.0603. The van der Waals surface area contributed by atoms with Crippen LogP contribution in [0.4, 0.5) is 13.2 Å². The summed E-state index contributed by atoms with van der Waals surface area (Å²) in [7, 11) is 0. The number of carbonyl (C=O) groups is 3. The van der Waals surface area contributed by atoms with Gasteiger partial charge in [-0.1, -0.05) is 6.07 Å². The topological polar surface area (TPSA) is 79.4 Å². The average Bonchev–Trinajstić information content (AvgIpc) is 3.02. The van der Waals surface area contributed by atoms with E-state index in [0.29, 0.717) is 11.1 Å². The van der Waals surface area contributed by atoms with Gasteiger partial charge in [-0.05, 0) is 35.7 Å². The van der Waals surface area contributed by atoms with Gasteiger partial charge in [0.2, 0.25) is 11.8 Å². The highest BCUT2D eigenvalue weighted by Gasteiger charge is 2.40. The number of benzene rings is 1. The molecule has 2 aliphatic heterocycles. The number of nitrogens with zero attached hydrogens (tertiary/aromatic N) is 2. The van der Waals surface area contributed by atoms with E-state index in [4.69, 9.17) is 11.6 Å². The summed E-state index contributed by atoms with van der Waals surface area (Å²) in [5.74, 6) is -1.67. The van der Waals surface area contributed by atoms with Gasteiger partial charge < -0.3 is 4.90 Å². The van der Waals surface area contributed by atoms with Gasteiger partial charge in [0.1, 0.15) is 6.04 Å². The Kier molecular flexibility index (Phi) is 5.01. The van der Waals surface area contributed by atoms with E-state index in [1.165, 1.54) is 35.4 Å². The SMILES string of the molecule is O=C1CCC(N2Cc3cc(-c4nccc(CCl)c4C(F)(F)F)ccc3C2=O)C(=O)N1. The van der Waals surface area contributed by atoms with Crippen LogP contribution < -0.4 is 5.32 Å². The molecule has 0 radical (unpaired) electrons. The molecular formula is C20H15ClF3N3O3. The highest BCUT2D eigenvalue weighted by molar-refractivity contribution is 6.17. The Morgan fingerprint density at radius 2 is 1.97 bits per heavy atom. The standard InChI is InChI=1S/C20H15ClF3N3O3/c21-8-11-5-6-25-17(16(11)20(22,23)24)10-1-2-13-12(7-10)9-27(19(13)30)14-3-4-15(28)26-18(14)29/h1-2,5-7,14H,3-4,8-9H2,(H,26,28,29). The Morgan fingerprint density at radius 3 is 2.63 bits per heavy atom. The summed E-state index contributed by atoms with van der Waals surface area (Å²) in [4.78, 5) is 41.5. The van der Waals surface area contributed by atoms with Gasteiger partial charge in [0.05, 0.1) is 11.3 Å². The maximum Gasteiger partial charge on any atom is 0.418 e. The van der Waals surface area contributed by atoms with Crippen LogP contribution >= 0.6 is 11.6 Å². The maximum absolute atomic E-state index is 13.7. The van der Waals surface area contributed by atoms with Crippen LogP contribution in [0, 0.1) is 0 Å². The molecule has 0 bridgehead atoms. The molecule has 0 spiro atoms. The molecule has 4 rings (SSSR count). The molecule has 6 nitrogen and oxygen atoms in total. The van der Waals surface area contributed by atoms with Gasteiger partial charge in [0.25, 0.3) is 5.91 Å². The Labute approximate surface area is 174 Å². The number of imide groups is 1. The first kappa shape index (κ1) is 20.3. The molecular weight excluding hydrogens is 423 g/mol. The number of pyridine rings is 1. The lowest BCUT2D eigenvalue weighted by molar-refractivity contribution is -0.138. The highest BCUT2D eigenvalue weighted by atomic mass is 35.5. The Bertz CT molecular complexity index is 1070. The number of fused-ring (bicyclic) bond motifs is 1. The fourth-order valence-electron chi connectivity index (χ4n) is 3.87. The summed E-state index contributed by atoms with van der Waals surface area (Å²) in [5.41, 5.74) is -0.262. The molecule has 0 aliphatic carbocycles. The monoisotopic (exact) mass is 437 g/mol. The van der Waals surface area contributed by atoms with Crippen LogP contribution in [0.2, 0.25) is 0 Å². The van der Waals surface area contributed by atoms with Crippen LogP contribution in [0.15, 0.2) is 30.5 Å². The Balaban J connectivity index is 1.71. The van der Waals surface area contributed by atoms with E-state index in [2.05, 4.69) is 10.3 Å². The zero-order chi connectivity index (χ0) is 21.6. The van der Waals surface area contributed by atoms with Crippen molar-refractivity contribution in [1.82, 2.24) is 15.2 Å². The smallest absolute Gasteiger partial charge is 0.322 e. The van der Waals surface area contributed by atoms with Gasteiger partial charge in [-0.3, -0.25) is 24.7 Å². The molecule has 2 aliphatic rings. The van der Waals surface area contributed by atoms with Gasteiger partial charge in [-0.15, -0.1) is 11.6 Å². The predicted molar refractivity (Wildman–Crippen MR) is 100 cm³/mol. The molecule has 1 aromatic carbocycles. The highest BCUT2D eigenvalue weighted by Crippen LogP contribution is 2.40. The second kappa shape index (κ2) is 7.39. The van der Waals surface area contributed by atoms with Crippen LogP contribution in [0.5, 0.6) is 0 Å². The molecule has 3 heterocycles. The minimum atomic E-state index is -4.65. The number of piperidine rings is 1. The van der Waals surface area contributed by atoms with Crippen LogP contribution in [-0.4, -0.2) is 33.6 Å². The van der Waals surface area contributed by atoms with Crippen molar-refractivity contribution in [2.45, 2.75) is 37.5 Å². The van der Waals surface area contributed by atoms with E-state index in [-0.39, 0.29) is 42.1 Å². The lowest BCUT2D eigenvalue weighted by Gasteiger charge is -2.29. The summed E-state index contributed by atoms with van der Waals surface area (Å²) in [5, 5.41) is 2.21. The largest absolute Gasteiger partial charge is 0.418 e. The number of rotatable bonds is 3. The Morgan fingerprint density at radius 1 is 1.20 bits per heavy atom. The number of hydrogen-bond acceptors (Lipinski definition) is 4. The Hall–Kier alpha value is -2.94. The van der Waals surface area contributed by atoms with Crippen molar-refractivity contribution < 1.29 is 27.6 Å².